The van der Waals surface area contributed by atoms with E-state index in [0.29, 0.717) is 25.5 Å². The van der Waals surface area contributed by atoms with Crippen LogP contribution in [0.15, 0.2) is 18.3 Å². The number of nitrogens with zero attached hydrogens (tertiary/aromatic N) is 3. The van der Waals surface area contributed by atoms with Crippen LogP contribution in [0.25, 0.3) is 0 Å². The Morgan fingerprint density at radius 3 is 2.35 bits per heavy atom. The molecule has 1 aromatic rings. The van der Waals surface area contributed by atoms with Crippen LogP contribution in [0.3, 0.4) is 0 Å². The molecule has 0 atom stereocenters. The zero-order chi connectivity index (χ0) is 14.8. The number of pyridine rings is 1. The number of sulfonamides is 1. The second-order valence-electron chi connectivity index (χ2n) is 4.42. The van der Waals surface area contributed by atoms with E-state index in [4.69, 9.17) is 5.73 Å². The highest BCUT2D eigenvalue weighted by Crippen LogP contribution is 2.18. The summed E-state index contributed by atoms with van der Waals surface area (Å²) in [5.41, 5.74) is 6.37. The van der Waals surface area contributed by atoms with E-state index < -0.39 is 15.8 Å². The third kappa shape index (κ3) is 3.05. The molecule has 1 aliphatic rings. The van der Waals surface area contributed by atoms with Gasteiger partial charge in [-0.05, 0) is 11.6 Å². The molecule has 0 aliphatic carbocycles. The molecule has 2 N–H and O–H groups in total. The number of piperazine rings is 1. The van der Waals surface area contributed by atoms with Crippen LogP contribution in [0.1, 0.15) is 5.56 Å². The van der Waals surface area contributed by atoms with Crippen LogP contribution >= 0.6 is 0 Å². The van der Waals surface area contributed by atoms with E-state index in [1.165, 1.54) is 0 Å². The van der Waals surface area contributed by atoms with Crippen LogP contribution in [-0.2, 0) is 16.6 Å². The smallest absolute Gasteiger partial charge is 0.350 e. The highest BCUT2D eigenvalue weighted by atomic mass is 32.2. The number of halogens is 2. The second-order valence-corrected chi connectivity index (χ2v) is 6.32. The van der Waals surface area contributed by atoms with E-state index in [2.05, 4.69) is 4.98 Å². The number of hydrogen-bond acceptors (Lipinski definition) is 5. The molecule has 1 aliphatic heterocycles. The summed E-state index contributed by atoms with van der Waals surface area (Å²) in [4.78, 5) is 6.08. The molecule has 0 amide bonds. The average molecular weight is 306 g/mol. The lowest BCUT2D eigenvalue weighted by atomic mass is 10.2. The molecule has 0 bridgehead atoms. The summed E-state index contributed by atoms with van der Waals surface area (Å²) in [6.07, 6.45) is 1.65. The SMILES string of the molecule is NCc1ccc(N2CCN(S(=O)(=O)C(F)F)CC2)nc1. The number of alkyl halides is 2. The molecule has 9 heteroatoms. The first-order valence-electron chi connectivity index (χ1n) is 6.12. The average Bonchev–Trinajstić information content (AvgIpc) is 2.47. The van der Waals surface area contributed by atoms with Gasteiger partial charge in [-0.1, -0.05) is 6.07 Å². The van der Waals surface area contributed by atoms with E-state index in [1.807, 2.05) is 11.0 Å². The molecule has 112 valence electrons. The Bertz CT molecular complexity index is 542. The van der Waals surface area contributed by atoms with Gasteiger partial charge >= 0.3 is 5.76 Å². The summed E-state index contributed by atoms with van der Waals surface area (Å²) in [5.74, 6) is -2.67. The fraction of sp³-hybridized carbons (Fsp3) is 0.545. The Kier molecular flexibility index (Phi) is 4.51. The van der Waals surface area contributed by atoms with Gasteiger partial charge in [0.2, 0.25) is 0 Å². The van der Waals surface area contributed by atoms with Crippen LogP contribution in [0.2, 0.25) is 0 Å². The Hall–Kier alpha value is -1.32. The number of hydrogen-bond donors (Lipinski definition) is 1. The lowest BCUT2D eigenvalue weighted by molar-refractivity contribution is 0.217. The van der Waals surface area contributed by atoms with Crippen LogP contribution in [0.4, 0.5) is 14.6 Å². The van der Waals surface area contributed by atoms with Gasteiger partial charge < -0.3 is 10.6 Å². The summed E-state index contributed by atoms with van der Waals surface area (Å²) in [6.45, 7) is 1.13. The van der Waals surface area contributed by atoms with E-state index in [-0.39, 0.29) is 13.1 Å². The molecule has 1 fully saturated rings. The van der Waals surface area contributed by atoms with Crippen molar-refractivity contribution in [1.82, 2.24) is 9.29 Å². The monoisotopic (exact) mass is 306 g/mol. The number of anilines is 1. The van der Waals surface area contributed by atoms with Gasteiger partial charge in [0.1, 0.15) is 5.82 Å². The molecular formula is C11H16F2N4O2S. The van der Waals surface area contributed by atoms with Crippen molar-refractivity contribution >= 4 is 15.8 Å². The highest BCUT2D eigenvalue weighted by Gasteiger charge is 2.34. The molecule has 6 nitrogen and oxygen atoms in total. The molecule has 0 unspecified atom stereocenters. The molecule has 0 radical (unpaired) electrons. The van der Waals surface area contributed by atoms with Crippen molar-refractivity contribution in [3.8, 4) is 0 Å². The van der Waals surface area contributed by atoms with Crippen LogP contribution in [-0.4, -0.2) is 49.6 Å². The maximum atomic E-state index is 12.4. The molecule has 0 saturated carbocycles. The van der Waals surface area contributed by atoms with Gasteiger partial charge in [-0.2, -0.15) is 13.1 Å². The van der Waals surface area contributed by atoms with Gasteiger partial charge in [0.25, 0.3) is 10.0 Å². The number of aromatic nitrogens is 1. The first kappa shape index (κ1) is 15.1. The quantitative estimate of drug-likeness (QED) is 0.860. The Morgan fingerprint density at radius 2 is 1.90 bits per heavy atom. The van der Waals surface area contributed by atoms with Gasteiger partial charge in [0, 0.05) is 38.9 Å². The van der Waals surface area contributed by atoms with Gasteiger partial charge in [0.05, 0.1) is 0 Å². The molecule has 20 heavy (non-hydrogen) atoms. The van der Waals surface area contributed by atoms with E-state index in [9.17, 15) is 17.2 Å². The number of nitrogens with two attached hydrogens (primary N) is 1. The maximum absolute atomic E-state index is 12.4. The van der Waals surface area contributed by atoms with Gasteiger partial charge in [-0.25, -0.2) is 13.4 Å². The van der Waals surface area contributed by atoms with Gasteiger partial charge in [-0.3, -0.25) is 0 Å². The Morgan fingerprint density at radius 1 is 1.25 bits per heavy atom. The molecule has 1 aromatic heterocycles. The van der Waals surface area contributed by atoms with Crippen molar-refractivity contribution in [2.75, 3.05) is 31.1 Å². The standard InChI is InChI=1S/C11H16F2N4O2S/c12-11(13)20(18,19)17-5-3-16(4-6-17)10-2-1-9(7-14)8-15-10/h1-2,8,11H,3-7,14H2. The Labute approximate surface area is 116 Å². The van der Waals surface area contributed by atoms with Crippen LogP contribution < -0.4 is 10.6 Å². The molecule has 2 heterocycles. The predicted molar refractivity (Wildman–Crippen MR) is 70.8 cm³/mol. The van der Waals surface area contributed by atoms with Crippen molar-refractivity contribution in [3.05, 3.63) is 23.9 Å². The largest absolute Gasteiger partial charge is 0.354 e. The topological polar surface area (TPSA) is 79.5 Å². The summed E-state index contributed by atoms with van der Waals surface area (Å²) in [7, 11) is -4.48. The van der Waals surface area contributed by atoms with Crippen LogP contribution in [0.5, 0.6) is 0 Å². The second kappa shape index (κ2) is 5.98. The summed E-state index contributed by atoms with van der Waals surface area (Å²) in [6, 6.07) is 3.63. The van der Waals surface area contributed by atoms with Crippen LogP contribution in [0, 0.1) is 0 Å². The summed E-state index contributed by atoms with van der Waals surface area (Å²) in [5, 5.41) is 0. The molecular weight excluding hydrogens is 290 g/mol. The predicted octanol–water partition coefficient (Wildman–Crippen LogP) is 0.215. The zero-order valence-electron chi connectivity index (χ0n) is 10.7. The third-order valence-corrected chi connectivity index (χ3v) is 4.73. The van der Waals surface area contributed by atoms with E-state index in [1.54, 1.807) is 12.3 Å². The number of rotatable bonds is 4. The van der Waals surface area contributed by atoms with Crippen molar-refractivity contribution in [2.45, 2.75) is 12.3 Å². The highest BCUT2D eigenvalue weighted by molar-refractivity contribution is 7.89. The van der Waals surface area contributed by atoms with Crippen molar-refractivity contribution in [3.63, 3.8) is 0 Å². The maximum Gasteiger partial charge on any atom is 0.350 e. The summed E-state index contributed by atoms with van der Waals surface area (Å²) >= 11 is 0. The fourth-order valence-corrected chi connectivity index (χ4v) is 2.91. The minimum atomic E-state index is -4.48. The molecule has 1 saturated heterocycles. The first-order valence-corrected chi connectivity index (χ1v) is 7.62. The normalized spacial score (nSPS) is 17.7. The lowest BCUT2D eigenvalue weighted by Crippen LogP contribution is -2.50. The summed E-state index contributed by atoms with van der Waals surface area (Å²) < 4.78 is 48.4. The Balaban J connectivity index is 2.00. The molecule has 0 aromatic carbocycles. The van der Waals surface area contributed by atoms with Crippen molar-refractivity contribution in [1.29, 1.82) is 0 Å². The van der Waals surface area contributed by atoms with E-state index in [0.717, 1.165) is 9.87 Å². The molecule has 2 rings (SSSR count). The minimum Gasteiger partial charge on any atom is -0.354 e. The van der Waals surface area contributed by atoms with Crippen molar-refractivity contribution in [2.24, 2.45) is 5.73 Å². The zero-order valence-corrected chi connectivity index (χ0v) is 11.6. The lowest BCUT2D eigenvalue weighted by Gasteiger charge is -2.34. The third-order valence-electron chi connectivity index (χ3n) is 3.19. The minimum absolute atomic E-state index is 0.0347. The van der Waals surface area contributed by atoms with E-state index >= 15 is 0 Å². The van der Waals surface area contributed by atoms with Crippen molar-refractivity contribution < 1.29 is 17.2 Å². The first-order chi connectivity index (χ1) is 9.45. The van der Waals surface area contributed by atoms with Gasteiger partial charge in [-0.15, -0.1) is 0 Å². The van der Waals surface area contributed by atoms with Gasteiger partial charge in [0.15, 0.2) is 0 Å². The molecule has 0 spiro atoms. The fourth-order valence-electron chi connectivity index (χ4n) is 2.01.